The predicted octanol–water partition coefficient (Wildman–Crippen LogP) is 3.15. The minimum atomic E-state index is -3.92. The van der Waals surface area contributed by atoms with Crippen molar-refractivity contribution in [2.75, 3.05) is 24.2 Å². The van der Waals surface area contributed by atoms with E-state index in [4.69, 9.17) is 9.47 Å². The topological polar surface area (TPSA) is 153 Å². The van der Waals surface area contributed by atoms with Gasteiger partial charge in [-0.15, -0.1) is 0 Å². The van der Waals surface area contributed by atoms with E-state index in [9.17, 15) is 22.4 Å². The Bertz CT molecular complexity index is 1610. The summed E-state index contributed by atoms with van der Waals surface area (Å²) in [6.45, 7) is 1.47. The Hall–Kier alpha value is -3.44. The molecule has 4 N–H and O–H groups in total. The van der Waals surface area contributed by atoms with Crippen LogP contribution in [0.2, 0.25) is 0 Å². The van der Waals surface area contributed by atoms with Crippen molar-refractivity contribution < 1.29 is 27.1 Å². The fraction of sp³-hybridized carbons (Fsp3) is 0.292. The van der Waals surface area contributed by atoms with Gasteiger partial charge in [0, 0.05) is 29.9 Å². The van der Waals surface area contributed by atoms with Crippen LogP contribution >= 0.6 is 22.6 Å². The van der Waals surface area contributed by atoms with E-state index in [1.165, 1.54) is 57.1 Å². The first-order chi connectivity index (χ1) is 18.5. The molecule has 3 aromatic rings. The van der Waals surface area contributed by atoms with Crippen molar-refractivity contribution in [3.63, 3.8) is 0 Å². The highest BCUT2D eigenvalue weighted by molar-refractivity contribution is 14.1. The predicted molar refractivity (Wildman–Crippen MR) is 152 cm³/mol. The Morgan fingerprint density at radius 2 is 1.92 bits per heavy atom. The molecule has 0 atom stereocenters. The highest BCUT2D eigenvalue weighted by atomic mass is 127. The molecule has 1 fully saturated rings. The molecular formula is C24H26FIN6O6S. The summed E-state index contributed by atoms with van der Waals surface area (Å²) in [5.74, 6) is -1.60. The Kier molecular flexibility index (Phi) is 8.31. The molecule has 1 aliphatic rings. The van der Waals surface area contributed by atoms with E-state index in [2.05, 4.69) is 25.1 Å². The Morgan fingerprint density at radius 1 is 1.21 bits per heavy atom. The van der Waals surface area contributed by atoms with E-state index in [1.807, 2.05) is 22.6 Å². The first kappa shape index (κ1) is 28.6. The monoisotopic (exact) mass is 672 g/mol. The van der Waals surface area contributed by atoms with Crippen LogP contribution in [0.4, 0.5) is 21.6 Å². The number of hydrogen-bond acceptors (Lipinski definition) is 8. The SMILES string of the molecule is CNS(=O)(=O)Nc1ccnc(Oc2c(C(=O)NC3CC3)c(Nc3ccc(I)cc3F)n(C)c(=O)c2C)c1OC. The quantitative estimate of drug-likeness (QED) is 0.240. The van der Waals surface area contributed by atoms with Crippen molar-refractivity contribution in [1.82, 2.24) is 19.6 Å². The Labute approximate surface area is 237 Å². The van der Waals surface area contributed by atoms with Crippen LogP contribution in [0.5, 0.6) is 17.4 Å². The summed E-state index contributed by atoms with van der Waals surface area (Å²) in [6, 6.07) is 5.78. The van der Waals surface area contributed by atoms with E-state index in [0.29, 0.717) is 3.57 Å². The summed E-state index contributed by atoms with van der Waals surface area (Å²) in [5.41, 5.74) is -0.476. The third-order valence-electron chi connectivity index (χ3n) is 5.88. The first-order valence-electron chi connectivity index (χ1n) is 11.6. The highest BCUT2D eigenvalue weighted by Gasteiger charge is 2.31. The van der Waals surface area contributed by atoms with Gasteiger partial charge in [-0.1, -0.05) is 0 Å². The number of benzene rings is 1. The van der Waals surface area contributed by atoms with E-state index < -0.39 is 27.5 Å². The van der Waals surface area contributed by atoms with Gasteiger partial charge in [-0.05, 0) is 66.6 Å². The summed E-state index contributed by atoms with van der Waals surface area (Å²) >= 11 is 1.97. The number of carbonyl (C=O) groups is 1. The second-order valence-electron chi connectivity index (χ2n) is 8.65. The fourth-order valence-electron chi connectivity index (χ4n) is 3.67. The molecule has 1 aromatic carbocycles. The lowest BCUT2D eigenvalue weighted by atomic mass is 10.1. The van der Waals surface area contributed by atoms with Gasteiger partial charge in [0.15, 0.2) is 5.75 Å². The molecule has 208 valence electrons. The number of aromatic nitrogens is 2. The average Bonchev–Trinajstić information content (AvgIpc) is 3.70. The van der Waals surface area contributed by atoms with Gasteiger partial charge in [0.2, 0.25) is 5.75 Å². The Morgan fingerprint density at radius 3 is 2.54 bits per heavy atom. The van der Waals surface area contributed by atoms with Crippen LogP contribution < -0.4 is 35.1 Å². The number of ether oxygens (including phenoxy) is 2. The van der Waals surface area contributed by atoms with Gasteiger partial charge >= 0.3 is 0 Å². The summed E-state index contributed by atoms with van der Waals surface area (Å²) in [6.07, 6.45) is 2.86. The maximum absolute atomic E-state index is 14.8. The number of halogens is 2. The van der Waals surface area contributed by atoms with Crippen molar-refractivity contribution in [2.45, 2.75) is 25.8 Å². The van der Waals surface area contributed by atoms with Gasteiger partial charge in [-0.3, -0.25) is 18.9 Å². The smallest absolute Gasteiger partial charge is 0.298 e. The van der Waals surface area contributed by atoms with E-state index >= 15 is 0 Å². The number of hydrogen-bond donors (Lipinski definition) is 4. The summed E-state index contributed by atoms with van der Waals surface area (Å²) < 4.78 is 56.6. The fourth-order valence-corrected chi connectivity index (χ4v) is 4.68. The van der Waals surface area contributed by atoms with Gasteiger partial charge in [-0.25, -0.2) is 14.1 Å². The zero-order valence-corrected chi connectivity index (χ0v) is 24.4. The van der Waals surface area contributed by atoms with Crippen LogP contribution in [-0.4, -0.2) is 44.1 Å². The summed E-state index contributed by atoms with van der Waals surface area (Å²) in [7, 11) is 0.0429. The number of nitrogens with one attached hydrogen (secondary N) is 4. The first-order valence-corrected chi connectivity index (χ1v) is 14.2. The number of anilines is 3. The second kappa shape index (κ2) is 11.4. The Balaban J connectivity index is 1.89. The van der Waals surface area contributed by atoms with Crippen molar-refractivity contribution in [3.8, 4) is 17.4 Å². The van der Waals surface area contributed by atoms with Gasteiger partial charge < -0.3 is 20.1 Å². The number of rotatable bonds is 10. The normalized spacial score (nSPS) is 13.1. The maximum Gasteiger partial charge on any atom is 0.298 e. The number of nitrogens with zero attached hydrogens (tertiary/aromatic N) is 2. The molecule has 4 rings (SSSR count). The van der Waals surface area contributed by atoms with E-state index in [0.717, 1.165) is 12.8 Å². The van der Waals surface area contributed by atoms with Crippen molar-refractivity contribution in [1.29, 1.82) is 0 Å². The van der Waals surface area contributed by atoms with Crippen molar-refractivity contribution >= 4 is 55.9 Å². The molecular weight excluding hydrogens is 646 g/mol. The third-order valence-corrected chi connectivity index (χ3v) is 7.57. The molecule has 0 radical (unpaired) electrons. The van der Waals surface area contributed by atoms with Gasteiger partial charge in [0.05, 0.1) is 24.0 Å². The van der Waals surface area contributed by atoms with Crippen LogP contribution in [0.15, 0.2) is 35.3 Å². The van der Waals surface area contributed by atoms with E-state index in [-0.39, 0.29) is 51.7 Å². The number of methoxy groups -OCH3 is 1. The van der Waals surface area contributed by atoms with E-state index in [1.54, 1.807) is 6.07 Å². The summed E-state index contributed by atoms with van der Waals surface area (Å²) in [5, 5.41) is 5.75. The lowest BCUT2D eigenvalue weighted by Gasteiger charge is -2.22. The van der Waals surface area contributed by atoms with Crippen molar-refractivity contribution in [3.05, 3.63) is 61.3 Å². The largest absolute Gasteiger partial charge is 0.490 e. The molecule has 1 amide bonds. The zero-order valence-electron chi connectivity index (χ0n) is 21.4. The molecule has 15 heteroatoms. The molecule has 0 bridgehead atoms. The maximum atomic E-state index is 14.8. The molecule has 0 spiro atoms. The highest BCUT2D eigenvalue weighted by Crippen LogP contribution is 2.40. The third kappa shape index (κ3) is 6.25. The number of pyridine rings is 2. The molecule has 1 aliphatic carbocycles. The van der Waals surface area contributed by atoms with Crippen LogP contribution in [0.25, 0.3) is 0 Å². The summed E-state index contributed by atoms with van der Waals surface area (Å²) in [4.78, 5) is 30.9. The molecule has 0 saturated heterocycles. The zero-order chi connectivity index (χ0) is 28.5. The minimum absolute atomic E-state index is 0.00151. The second-order valence-corrected chi connectivity index (χ2v) is 11.5. The molecule has 39 heavy (non-hydrogen) atoms. The van der Waals surface area contributed by atoms with Crippen LogP contribution in [-0.2, 0) is 17.3 Å². The van der Waals surface area contributed by atoms with Gasteiger partial charge in [0.25, 0.3) is 27.6 Å². The van der Waals surface area contributed by atoms with Crippen molar-refractivity contribution in [2.24, 2.45) is 7.05 Å². The molecule has 2 heterocycles. The van der Waals surface area contributed by atoms with Crippen LogP contribution in [0, 0.1) is 16.3 Å². The van der Waals surface area contributed by atoms with Crippen LogP contribution in [0.3, 0.4) is 0 Å². The standard InChI is InChI=1S/C24H26FIN6O6S/c1-12-19(38-23-20(37-4)17(9-10-28-23)31-39(35,36)27-2)18(22(33)29-14-6-7-14)21(32(3)24(12)34)30-16-8-5-13(26)11-15(16)25/h5,8-11,14,27,30H,6-7H2,1-4H3,(H,28,31)(H,29,33). The molecule has 1 saturated carbocycles. The molecule has 0 aliphatic heterocycles. The lowest BCUT2D eigenvalue weighted by molar-refractivity contribution is 0.0948. The number of carbonyl (C=O) groups excluding carboxylic acids is 1. The van der Waals surface area contributed by atoms with Gasteiger partial charge in [-0.2, -0.15) is 8.42 Å². The van der Waals surface area contributed by atoms with Crippen LogP contribution in [0.1, 0.15) is 28.8 Å². The molecule has 0 unspecified atom stereocenters. The minimum Gasteiger partial charge on any atom is -0.490 e. The van der Waals surface area contributed by atoms with Gasteiger partial charge in [0.1, 0.15) is 17.2 Å². The molecule has 12 nitrogen and oxygen atoms in total. The molecule has 2 aromatic heterocycles. The lowest BCUT2D eigenvalue weighted by Crippen LogP contribution is -2.32. The average molecular weight is 672 g/mol. The number of amides is 1.